The summed E-state index contributed by atoms with van der Waals surface area (Å²) in [6.45, 7) is 1.78. The molecule has 0 aliphatic carbocycles. The topological polar surface area (TPSA) is 30.5 Å². The Bertz CT molecular complexity index is 573. The van der Waals surface area contributed by atoms with Crippen LogP contribution in [0.2, 0.25) is 0 Å². The Morgan fingerprint density at radius 3 is 2.38 bits per heavy atom. The minimum Gasteiger partial charge on any atom is -0.496 e. The van der Waals surface area contributed by atoms with Crippen LogP contribution in [0.25, 0.3) is 0 Å². The third kappa shape index (κ3) is 4.61. The van der Waals surface area contributed by atoms with Crippen molar-refractivity contribution in [3.8, 4) is 11.5 Å². The highest BCUT2D eigenvalue weighted by Crippen LogP contribution is 2.30. The highest BCUT2D eigenvalue weighted by atomic mass is 127. The zero-order valence-corrected chi connectivity index (χ0v) is 14.5. The molecule has 0 aliphatic heterocycles. The maximum Gasteiger partial charge on any atom is 0.132 e. The normalized spacial score (nSPS) is 10.4. The summed E-state index contributed by atoms with van der Waals surface area (Å²) in [5.74, 6) is 1.82. The van der Waals surface area contributed by atoms with Gasteiger partial charge in [-0.2, -0.15) is 0 Å². The number of benzene rings is 2. The molecule has 0 saturated carbocycles. The molecule has 0 unspecified atom stereocenters. The van der Waals surface area contributed by atoms with E-state index in [0.29, 0.717) is 0 Å². The van der Waals surface area contributed by atoms with Crippen molar-refractivity contribution in [2.75, 3.05) is 20.8 Å². The maximum atomic E-state index is 5.45. The molecule has 3 nitrogen and oxygen atoms in total. The molecule has 0 radical (unpaired) electrons. The monoisotopic (exact) mass is 397 g/mol. The second-order valence-corrected chi connectivity index (χ2v) is 5.87. The summed E-state index contributed by atoms with van der Waals surface area (Å²) in [4.78, 5) is 0. The second-order valence-electron chi connectivity index (χ2n) is 4.71. The Labute approximate surface area is 139 Å². The van der Waals surface area contributed by atoms with Crippen molar-refractivity contribution in [2.45, 2.75) is 13.0 Å². The fourth-order valence-electron chi connectivity index (χ4n) is 2.17. The van der Waals surface area contributed by atoms with Crippen LogP contribution in [0.1, 0.15) is 11.1 Å². The molecule has 21 heavy (non-hydrogen) atoms. The van der Waals surface area contributed by atoms with Crippen molar-refractivity contribution in [3.63, 3.8) is 0 Å². The average Bonchev–Trinajstić information content (AvgIpc) is 2.53. The van der Waals surface area contributed by atoms with Crippen LogP contribution in [0.4, 0.5) is 0 Å². The first kappa shape index (κ1) is 16.1. The minimum absolute atomic E-state index is 0.880. The van der Waals surface area contributed by atoms with E-state index in [-0.39, 0.29) is 0 Å². The fourth-order valence-corrected chi connectivity index (χ4v) is 2.83. The van der Waals surface area contributed by atoms with E-state index in [1.807, 2.05) is 12.1 Å². The summed E-state index contributed by atoms with van der Waals surface area (Å²) in [6.07, 6.45) is 0.906. The number of rotatable bonds is 7. The number of hydrogen-bond acceptors (Lipinski definition) is 3. The molecule has 0 spiro atoms. The number of hydrogen-bond donors (Lipinski definition) is 1. The molecule has 4 heteroatoms. The molecular formula is C17H20INO2. The molecule has 0 fully saturated rings. The molecule has 0 saturated heterocycles. The minimum atomic E-state index is 0.880. The van der Waals surface area contributed by atoms with Gasteiger partial charge in [-0.15, -0.1) is 0 Å². The van der Waals surface area contributed by atoms with E-state index in [4.69, 9.17) is 9.47 Å². The van der Waals surface area contributed by atoms with Crippen LogP contribution >= 0.6 is 22.6 Å². The highest BCUT2D eigenvalue weighted by Gasteiger charge is 2.09. The Morgan fingerprint density at radius 2 is 1.71 bits per heavy atom. The molecule has 1 N–H and O–H groups in total. The first-order chi connectivity index (χ1) is 10.2. The van der Waals surface area contributed by atoms with Crippen LogP contribution in [-0.2, 0) is 13.0 Å². The van der Waals surface area contributed by atoms with Gasteiger partial charge in [-0.25, -0.2) is 0 Å². The van der Waals surface area contributed by atoms with Gasteiger partial charge >= 0.3 is 0 Å². The van der Waals surface area contributed by atoms with Crippen LogP contribution in [0.5, 0.6) is 11.5 Å². The Kier molecular flexibility index (Phi) is 6.32. The highest BCUT2D eigenvalue weighted by molar-refractivity contribution is 14.1. The summed E-state index contributed by atoms with van der Waals surface area (Å²) < 4.78 is 11.9. The van der Waals surface area contributed by atoms with Gasteiger partial charge in [-0.1, -0.05) is 30.3 Å². The summed E-state index contributed by atoms with van der Waals surface area (Å²) in [5, 5.41) is 3.46. The Hall–Kier alpha value is -1.27. The van der Waals surface area contributed by atoms with Crippen LogP contribution < -0.4 is 14.8 Å². The lowest BCUT2D eigenvalue weighted by atomic mass is 10.1. The molecule has 2 aromatic carbocycles. The molecule has 2 rings (SSSR count). The summed E-state index contributed by atoms with van der Waals surface area (Å²) in [6, 6.07) is 14.5. The van der Waals surface area contributed by atoms with Crippen LogP contribution in [-0.4, -0.2) is 20.8 Å². The molecule has 0 amide bonds. The zero-order valence-electron chi connectivity index (χ0n) is 12.4. The van der Waals surface area contributed by atoms with Crippen molar-refractivity contribution in [2.24, 2.45) is 0 Å². The predicted octanol–water partition coefficient (Wildman–Crippen LogP) is 3.64. The summed E-state index contributed by atoms with van der Waals surface area (Å²) >= 11 is 2.26. The average molecular weight is 397 g/mol. The summed E-state index contributed by atoms with van der Waals surface area (Å²) in [7, 11) is 3.40. The van der Waals surface area contributed by atoms with Gasteiger partial charge in [0.2, 0.25) is 0 Å². The SMILES string of the molecule is COc1cc(CCNCc2ccccc2)c(OC)cc1I. The largest absolute Gasteiger partial charge is 0.496 e. The number of methoxy groups -OCH3 is 2. The molecule has 2 aromatic rings. The Morgan fingerprint density at radius 1 is 1.00 bits per heavy atom. The van der Waals surface area contributed by atoms with Crippen LogP contribution in [0.15, 0.2) is 42.5 Å². The van der Waals surface area contributed by atoms with Crippen molar-refractivity contribution in [3.05, 3.63) is 57.2 Å². The maximum absolute atomic E-state index is 5.45. The number of nitrogens with one attached hydrogen (secondary N) is 1. The molecule has 112 valence electrons. The van der Waals surface area contributed by atoms with E-state index >= 15 is 0 Å². The zero-order chi connectivity index (χ0) is 15.1. The Balaban J connectivity index is 1.93. The van der Waals surface area contributed by atoms with Crippen molar-refractivity contribution in [1.29, 1.82) is 0 Å². The van der Waals surface area contributed by atoms with E-state index in [0.717, 1.165) is 40.1 Å². The van der Waals surface area contributed by atoms with Gasteiger partial charge in [0, 0.05) is 6.54 Å². The molecule has 0 atom stereocenters. The third-order valence-electron chi connectivity index (χ3n) is 3.30. The van der Waals surface area contributed by atoms with Crippen molar-refractivity contribution in [1.82, 2.24) is 5.32 Å². The van der Waals surface area contributed by atoms with E-state index in [2.05, 4.69) is 58.2 Å². The van der Waals surface area contributed by atoms with Crippen LogP contribution in [0.3, 0.4) is 0 Å². The number of halogens is 1. The predicted molar refractivity (Wildman–Crippen MR) is 94.1 cm³/mol. The van der Waals surface area contributed by atoms with Gasteiger partial charge in [-0.3, -0.25) is 0 Å². The lowest BCUT2D eigenvalue weighted by Crippen LogP contribution is -2.17. The lowest BCUT2D eigenvalue weighted by molar-refractivity contribution is 0.396. The van der Waals surface area contributed by atoms with Gasteiger partial charge < -0.3 is 14.8 Å². The van der Waals surface area contributed by atoms with E-state index in [1.165, 1.54) is 5.56 Å². The van der Waals surface area contributed by atoms with Gasteiger partial charge in [0.1, 0.15) is 11.5 Å². The molecule has 0 heterocycles. The smallest absolute Gasteiger partial charge is 0.132 e. The molecule has 0 aromatic heterocycles. The standard InChI is InChI=1S/C17H20INO2/c1-20-16-11-15(18)17(21-2)10-14(16)8-9-19-12-13-6-4-3-5-7-13/h3-7,10-11,19H,8-9,12H2,1-2H3. The van der Waals surface area contributed by atoms with Crippen molar-refractivity contribution < 1.29 is 9.47 Å². The molecule has 0 bridgehead atoms. The van der Waals surface area contributed by atoms with Gasteiger partial charge in [0.05, 0.1) is 17.8 Å². The van der Waals surface area contributed by atoms with Gasteiger partial charge in [0.15, 0.2) is 0 Å². The van der Waals surface area contributed by atoms with Crippen molar-refractivity contribution >= 4 is 22.6 Å². The lowest BCUT2D eigenvalue weighted by Gasteiger charge is -2.12. The molecular weight excluding hydrogens is 377 g/mol. The van der Waals surface area contributed by atoms with Crippen LogP contribution in [0, 0.1) is 3.57 Å². The molecule has 0 aliphatic rings. The third-order valence-corrected chi connectivity index (χ3v) is 4.14. The van der Waals surface area contributed by atoms with E-state index in [9.17, 15) is 0 Å². The van der Waals surface area contributed by atoms with E-state index in [1.54, 1.807) is 14.2 Å². The first-order valence-corrected chi connectivity index (χ1v) is 7.97. The van der Waals surface area contributed by atoms with Gasteiger partial charge in [0.25, 0.3) is 0 Å². The quantitative estimate of drug-likeness (QED) is 0.572. The second kappa shape index (κ2) is 8.24. The first-order valence-electron chi connectivity index (χ1n) is 6.89. The number of ether oxygens (including phenoxy) is 2. The van der Waals surface area contributed by atoms with Gasteiger partial charge in [-0.05, 0) is 58.8 Å². The van der Waals surface area contributed by atoms with E-state index < -0.39 is 0 Å². The fraction of sp³-hybridized carbons (Fsp3) is 0.294. The summed E-state index contributed by atoms with van der Waals surface area (Å²) in [5.41, 5.74) is 2.46.